The van der Waals surface area contributed by atoms with E-state index in [-0.39, 0.29) is 11.5 Å². The van der Waals surface area contributed by atoms with Gasteiger partial charge >= 0.3 is 5.97 Å². The summed E-state index contributed by atoms with van der Waals surface area (Å²) in [6.07, 6.45) is 2.01. The first-order chi connectivity index (χ1) is 14.4. The van der Waals surface area contributed by atoms with Gasteiger partial charge < -0.3 is 14.8 Å². The molecule has 2 heterocycles. The molecular weight excluding hydrogens is 406 g/mol. The molecule has 1 amide bonds. The number of carbonyl (C=O) groups excluding carboxylic acids is 2. The third-order valence-corrected chi connectivity index (χ3v) is 5.84. The van der Waals surface area contributed by atoms with Gasteiger partial charge in [0.05, 0.1) is 36.0 Å². The summed E-state index contributed by atoms with van der Waals surface area (Å²) in [6, 6.07) is 6.25. The van der Waals surface area contributed by atoms with Gasteiger partial charge in [0.25, 0.3) is 11.5 Å². The number of esters is 1. The number of hydrogen-bond donors (Lipinski definition) is 1. The Balaban J connectivity index is 1.96. The lowest BCUT2D eigenvalue weighted by Crippen LogP contribution is -2.29. The monoisotopic (exact) mass is 429 g/mol. The molecule has 0 aliphatic heterocycles. The van der Waals surface area contributed by atoms with Crippen LogP contribution in [-0.2, 0) is 9.53 Å². The Morgan fingerprint density at radius 3 is 2.73 bits per heavy atom. The van der Waals surface area contributed by atoms with Crippen molar-refractivity contribution < 1.29 is 19.1 Å². The maximum Gasteiger partial charge on any atom is 0.328 e. The van der Waals surface area contributed by atoms with Gasteiger partial charge in [0.1, 0.15) is 16.6 Å². The number of aryl methyl sites for hydroxylation is 1. The van der Waals surface area contributed by atoms with Crippen molar-refractivity contribution in [3.63, 3.8) is 0 Å². The molecule has 158 valence electrons. The van der Waals surface area contributed by atoms with Crippen molar-refractivity contribution >= 4 is 39.1 Å². The normalized spacial score (nSPS) is 11.9. The highest BCUT2D eigenvalue weighted by molar-refractivity contribution is 7.20. The van der Waals surface area contributed by atoms with Crippen LogP contribution in [0.3, 0.4) is 0 Å². The number of benzene rings is 1. The Bertz CT molecular complexity index is 1150. The number of para-hydroxylation sites is 2. The summed E-state index contributed by atoms with van der Waals surface area (Å²) in [5.74, 6) is -0.326. The highest BCUT2D eigenvalue weighted by Gasteiger charge is 2.24. The number of carbonyl (C=O) groups is 2. The zero-order chi connectivity index (χ0) is 21.8. The van der Waals surface area contributed by atoms with Crippen LogP contribution in [-0.4, -0.2) is 35.1 Å². The highest BCUT2D eigenvalue weighted by Crippen LogP contribution is 2.30. The van der Waals surface area contributed by atoms with Crippen molar-refractivity contribution in [2.75, 3.05) is 19.0 Å². The maximum atomic E-state index is 13.0. The third kappa shape index (κ3) is 4.06. The number of amides is 1. The number of fused-ring (bicyclic) bond motifs is 1. The predicted octanol–water partition coefficient (Wildman–Crippen LogP) is 3.54. The average molecular weight is 429 g/mol. The Labute approximate surface area is 177 Å². The van der Waals surface area contributed by atoms with E-state index in [9.17, 15) is 14.4 Å². The predicted molar refractivity (Wildman–Crippen MR) is 116 cm³/mol. The van der Waals surface area contributed by atoms with E-state index in [0.717, 1.165) is 11.3 Å². The molecule has 3 rings (SSSR count). The van der Waals surface area contributed by atoms with Crippen LogP contribution in [0.15, 0.2) is 35.4 Å². The minimum absolute atomic E-state index is 0.290. The smallest absolute Gasteiger partial charge is 0.328 e. The van der Waals surface area contributed by atoms with E-state index in [1.807, 2.05) is 6.92 Å². The molecule has 0 radical (unpaired) electrons. The summed E-state index contributed by atoms with van der Waals surface area (Å²) in [5, 5.41) is 3.14. The van der Waals surface area contributed by atoms with Crippen LogP contribution in [0.1, 0.15) is 41.5 Å². The Hall–Kier alpha value is -3.20. The van der Waals surface area contributed by atoms with E-state index in [1.165, 1.54) is 18.0 Å². The Kier molecular flexibility index (Phi) is 6.51. The number of rotatable bonds is 7. The van der Waals surface area contributed by atoms with Gasteiger partial charge in [0, 0.05) is 0 Å². The van der Waals surface area contributed by atoms with Crippen molar-refractivity contribution in [2.24, 2.45) is 0 Å². The zero-order valence-electron chi connectivity index (χ0n) is 17.2. The number of aromatic nitrogens is 2. The Morgan fingerprint density at radius 2 is 2.03 bits per heavy atom. The molecule has 2 aromatic heterocycles. The van der Waals surface area contributed by atoms with Gasteiger partial charge in [-0.1, -0.05) is 19.1 Å². The highest BCUT2D eigenvalue weighted by atomic mass is 32.1. The van der Waals surface area contributed by atoms with Crippen LogP contribution >= 0.6 is 11.3 Å². The SMILES string of the molecule is CCCOC(=O)C(C)n1cnc2sc(C(=O)Nc3ccccc3OC)c(C)c2c1=O. The van der Waals surface area contributed by atoms with Gasteiger partial charge in [-0.3, -0.25) is 14.2 Å². The summed E-state index contributed by atoms with van der Waals surface area (Å²) in [5.41, 5.74) is 0.661. The van der Waals surface area contributed by atoms with E-state index in [2.05, 4.69) is 10.3 Å². The number of methoxy groups -OCH3 is 1. The molecule has 9 heteroatoms. The molecule has 1 aromatic carbocycles. The summed E-state index contributed by atoms with van der Waals surface area (Å²) in [6.45, 7) is 5.47. The second kappa shape index (κ2) is 9.08. The fourth-order valence-corrected chi connectivity index (χ4v) is 4.03. The quantitative estimate of drug-likeness (QED) is 0.577. The molecule has 0 spiro atoms. The van der Waals surface area contributed by atoms with Gasteiger partial charge in [-0.15, -0.1) is 11.3 Å². The van der Waals surface area contributed by atoms with Crippen molar-refractivity contribution in [3.05, 3.63) is 51.4 Å². The fourth-order valence-electron chi connectivity index (χ4n) is 2.99. The summed E-state index contributed by atoms with van der Waals surface area (Å²) < 4.78 is 11.6. The molecule has 3 aromatic rings. The van der Waals surface area contributed by atoms with Crippen LogP contribution < -0.4 is 15.6 Å². The van der Waals surface area contributed by atoms with E-state index < -0.39 is 12.0 Å². The number of nitrogens with one attached hydrogen (secondary N) is 1. The van der Waals surface area contributed by atoms with Crippen LogP contribution in [0.2, 0.25) is 0 Å². The molecule has 0 aliphatic rings. The number of nitrogens with zero attached hydrogens (tertiary/aromatic N) is 2. The van der Waals surface area contributed by atoms with Crippen molar-refractivity contribution in [1.82, 2.24) is 9.55 Å². The zero-order valence-corrected chi connectivity index (χ0v) is 18.0. The topological polar surface area (TPSA) is 99.5 Å². The fraction of sp³-hybridized carbons (Fsp3) is 0.333. The second-order valence-corrected chi connectivity index (χ2v) is 7.69. The molecule has 1 N–H and O–H groups in total. The molecule has 0 saturated heterocycles. The summed E-state index contributed by atoms with van der Waals surface area (Å²) in [4.78, 5) is 43.2. The minimum Gasteiger partial charge on any atom is -0.495 e. The van der Waals surface area contributed by atoms with E-state index in [0.29, 0.717) is 45.1 Å². The average Bonchev–Trinajstić information content (AvgIpc) is 3.09. The molecular formula is C21H23N3O5S. The van der Waals surface area contributed by atoms with Crippen LogP contribution in [0, 0.1) is 6.92 Å². The molecule has 0 aliphatic carbocycles. The lowest BCUT2D eigenvalue weighted by Gasteiger charge is -2.13. The molecule has 8 nitrogen and oxygen atoms in total. The summed E-state index contributed by atoms with van der Waals surface area (Å²) in [7, 11) is 1.52. The van der Waals surface area contributed by atoms with Crippen molar-refractivity contribution in [2.45, 2.75) is 33.2 Å². The van der Waals surface area contributed by atoms with Crippen molar-refractivity contribution in [3.8, 4) is 5.75 Å². The van der Waals surface area contributed by atoms with Crippen molar-refractivity contribution in [1.29, 1.82) is 0 Å². The second-order valence-electron chi connectivity index (χ2n) is 6.69. The standard InChI is InChI=1S/C21H23N3O5S/c1-5-10-29-21(27)13(3)24-11-22-19-16(20(24)26)12(2)17(30-19)18(25)23-14-8-6-7-9-15(14)28-4/h6-9,11,13H,5,10H2,1-4H3,(H,23,25). The number of hydrogen-bond acceptors (Lipinski definition) is 7. The number of ether oxygens (including phenoxy) is 2. The largest absolute Gasteiger partial charge is 0.495 e. The van der Waals surface area contributed by atoms with E-state index >= 15 is 0 Å². The maximum absolute atomic E-state index is 13.0. The molecule has 0 bridgehead atoms. The lowest BCUT2D eigenvalue weighted by atomic mass is 10.2. The molecule has 1 atom stereocenters. The first-order valence-corrected chi connectivity index (χ1v) is 10.3. The van der Waals surface area contributed by atoms with Gasteiger partial charge in [0.2, 0.25) is 0 Å². The van der Waals surface area contributed by atoms with Crippen LogP contribution in [0.25, 0.3) is 10.2 Å². The third-order valence-electron chi connectivity index (χ3n) is 4.64. The van der Waals surface area contributed by atoms with Crippen LogP contribution in [0.5, 0.6) is 5.75 Å². The van der Waals surface area contributed by atoms with Gasteiger partial charge in [-0.05, 0) is 38.0 Å². The Morgan fingerprint density at radius 1 is 1.30 bits per heavy atom. The van der Waals surface area contributed by atoms with E-state index in [1.54, 1.807) is 38.1 Å². The summed E-state index contributed by atoms with van der Waals surface area (Å²) >= 11 is 1.13. The molecule has 0 fully saturated rings. The van der Waals surface area contributed by atoms with Gasteiger partial charge in [-0.25, -0.2) is 9.78 Å². The molecule has 1 unspecified atom stereocenters. The van der Waals surface area contributed by atoms with E-state index in [4.69, 9.17) is 9.47 Å². The molecule has 0 saturated carbocycles. The van der Waals surface area contributed by atoms with Gasteiger partial charge in [-0.2, -0.15) is 0 Å². The number of anilines is 1. The first-order valence-electron chi connectivity index (χ1n) is 9.50. The lowest BCUT2D eigenvalue weighted by molar-refractivity contribution is -0.147. The molecule has 30 heavy (non-hydrogen) atoms. The number of thiophene rings is 1. The van der Waals surface area contributed by atoms with Crippen LogP contribution in [0.4, 0.5) is 5.69 Å². The minimum atomic E-state index is -0.814. The first kappa shape index (κ1) is 21.5. The van der Waals surface area contributed by atoms with Gasteiger partial charge in [0.15, 0.2) is 0 Å².